The molecule has 0 aliphatic rings. The van der Waals surface area contributed by atoms with E-state index in [1.165, 1.54) is 0 Å². The normalized spacial score (nSPS) is 11.9. The van der Waals surface area contributed by atoms with Gasteiger partial charge in [-0.3, -0.25) is 9.59 Å². The number of ether oxygens (including phenoxy) is 2. The number of unbranched alkanes of at least 4 members (excludes halogenated alkanes) is 3. The Morgan fingerprint density at radius 2 is 0.975 bits per heavy atom. The summed E-state index contributed by atoms with van der Waals surface area (Å²) in [5.74, 6) is -1.77. The van der Waals surface area contributed by atoms with Crippen LogP contribution in [0.4, 0.5) is 0 Å². The van der Waals surface area contributed by atoms with E-state index in [9.17, 15) is 19.2 Å². The van der Waals surface area contributed by atoms with Crippen LogP contribution in [0.25, 0.3) is 0 Å². The second kappa shape index (κ2) is 17.4. The van der Waals surface area contributed by atoms with Crippen LogP contribution in [-0.4, -0.2) is 49.1 Å². The minimum atomic E-state index is -0.805. The lowest BCUT2D eigenvalue weighted by atomic mass is 10.1. The van der Waals surface area contributed by atoms with Gasteiger partial charge in [0.15, 0.2) is 0 Å². The maximum Gasteiger partial charge on any atom is 0.328 e. The van der Waals surface area contributed by atoms with Crippen molar-refractivity contribution in [3.63, 3.8) is 0 Å². The predicted octanol–water partition coefficient (Wildman–Crippen LogP) is 4.24. The van der Waals surface area contributed by atoms with Crippen molar-refractivity contribution in [3.8, 4) is 0 Å². The van der Waals surface area contributed by atoms with Gasteiger partial charge in [-0.05, 0) is 50.7 Å². The SMILES string of the molecule is C=C(C)C(=O)NC(Cc1ccccc1)C(=O)OCCCCCCOC(=O)C(Cc1ccccc1)NC(=O)C(=C)C. The van der Waals surface area contributed by atoms with Crippen molar-refractivity contribution in [2.75, 3.05) is 13.2 Å². The lowest BCUT2D eigenvalue weighted by Crippen LogP contribution is -2.43. The average Bonchev–Trinajstić information content (AvgIpc) is 2.94. The largest absolute Gasteiger partial charge is 0.464 e. The molecule has 0 spiro atoms. The van der Waals surface area contributed by atoms with Gasteiger partial charge in [0.05, 0.1) is 13.2 Å². The molecule has 2 amide bonds. The summed E-state index contributed by atoms with van der Waals surface area (Å²) in [6.07, 6.45) is 3.46. The fourth-order valence-corrected chi connectivity index (χ4v) is 3.75. The van der Waals surface area contributed by atoms with Gasteiger partial charge in [0.1, 0.15) is 12.1 Å². The molecule has 0 heterocycles. The molecule has 0 bridgehead atoms. The molecular weight excluding hydrogens is 508 g/mol. The molecular formula is C32H40N2O6. The Kier molecular flexibility index (Phi) is 13.9. The Hall–Kier alpha value is -4.20. The molecule has 0 radical (unpaired) electrons. The molecule has 2 atom stereocenters. The summed E-state index contributed by atoms with van der Waals surface area (Å²) in [6.45, 7) is 10.9. The summed E-state index contributed by atoms with van der Waals surface area (Å²) in [5, 5.41) is 5.39. The summed E-state index contributed by atoms with van der Waals surface area (Å²) in [6, 6.07) is 17.2. The maximum atomic E-state index is 12.7. The van der Waals surface area contributed by atoms with Crippen LogP contribution >= 0.6 is 0 Å². The van der Waals surface area contributed by atoms with Crippen molar-refractivity contribution in [1.82, 2.24) is 10.6 Å². The molecule has 0 aliphatic carbocycles. The molecule has 0 aromatic heterocycles. The van der Waals surface area contributed by atoms with E-state index in [4.69, 9.17) is 9.47 Å². The third kappa shape index (κ3) is 12.1. The van der Waals surface area contributed by atoms with Crippen LogP contribution in [0.3, 0.4) is 0 Å². The van der Waals surface area contributed by atoms with Crippen LogP contribution in [0.15, 0.2) is 85.0 Å². The quantitative estimate of drug-likeness (QED) is 0.174. The zero-order valence-corrected chi connectivity index (χ0v) is 23.4. The van der Waals surface area contributed by atoms with Gasteiger partial charge in [-0.2, -0.15) is 0 Å². The number of carbonyl (C=O) groups is 4. The molecule has 214 valence electrons. The van der Waals surface area contributed by atoms with Crippen LogP contribution < -0.4 is 10.6 Å². The molecule has 8 heteroatoms. The van der Waals surface area contributed by atoms with Crippen molar-refractivity contribution in [2.45, 2.75) is 64.5 Å². The summed E-state index contributed by atoms with van der Waals surface area (Å²) < 4.78 is 10.9. The molecule has 2 rings (SSSR count). The van der Waals surface area contributed by atoms with Crippen LogP contribution in [0, 0.1) is 0 Å². The molecule has 8 nitrogen and oxygen atoms in total. The van der Waals surface area contributed by atoms with Gasteiger partial charge in [-0.15, -0.1) is 0 Å². The third-order valence-electron chi connectivity index (χ3n) is 6.05. The van der Waals surface area contributed by atoms with Crippen LogP contribution in [0.2, 0.25) is 0 Å². The van der Waals surface area contributed by atoms with Gasteiger partial charge in [-0.25, -0.2) is 9.59 Å². The second-order valence-corrected chi connectivity index (χ2v) is 9.74. The molecule has 0 saturated heterocycles. The molecule has 40 heavy (non-hydrogen) atoms. The molecule has 2 aromatic carbocycles. The fourth-order valence-electron chi connectivity index (χ4n) is 3.75. The maximum absolute atomic E-state index is 12.7. The van der Waals surface area contributed by atoms with E-state index < -0.39 is 35.8 Å². The Morgan fingerprint density at radius 1 is 0.625 bits per heavy atom. The van der Waals surface area contributed by atoms with Crippen LogP contribution in [0.5, 0.6) is 0 Å². The highest BCUT2D eigenvalue weighted by Gasteiger charge is 2.24. The minimum absolute atomic E-state index is 0.221. The van der Waals surface area contributed by atoms with E-state index in [0.29, 0.717) is 36.8 Å². The average molecular weight is 549 g/mol. The van der Waals surface area contributed by atoms with E-state index in [-0.39, 0.29) is 13.2 Å². The molecule has 0 aliphatic heterocycles. The topological polar surface area (TPSA) is 111 Å². The van der Waals surface area contributed by atoms with E-state index in [0.717, 1.165) is 24.0 Å². The summed E-state index contributed by atoms with van der Waals surface area (Å²) in [5.41, 5.74) is 2.45. The minimum Gasteiger partial charge on any atom is -0.464 e. The number of hydrogen-bond donors (Lipinski definition) is 2. The van der Waals surface area contributed by atoms with Gasteiger partial charge < -0.3 is 20.1 Å². The monoisotopic (exact) mass is 548 g/mol. The van der Waals surface area contributed by atoms with E-state index in [1.54, 1.807) is 13.8 Å². The van der Waals surface area contributed by atoms with Gasteiger partial charge in [0.2, 0.25) is 11.8 Å². The second-order valence-electron chi connectivity index (χ2n) is 9.74. The molecule has 2 unspecified atom stereocenters. The molecule has 2 N–H and O–H groups in total. The number of carbonyl (C=O) groups excluding carboxylic acids is 4. The Balaban J connectivity index is 1.72. The van der Waals surface area contributed by atoms with Crippen molar-refractivity contribution in [1.29, 1.82) is 0 Å². The number of hydrogen-bond acceptors (Lipinski definition) is 6. The Bertz CT molecular complexity index is 1060. The summed E-state index contributed by atoms with van der Waals surface area (Å²) >= 11 is 0. The number of rotatable bonds is 17. The first-order chi connectivity index (χ1) is 19.2. The lowest BCUT2D eigenvalue weighted by molar-refractivity contribution is -0.148. The van der Waals surface area contributed by atoms with Gasteiger partial charge in [0, 0.05) is 24.0 Å². The van der Waals surface area contributed by atoms with Gasteiger partial charge in [-0.1, -0.05) is 73.8 Å². The standard InChI is InChI=1S/C32H40N2O6/c1-23(2)29(35)33-27(21-25-15-9-7-10-16-25)31(37)39-19-13-5-6-14-20-40-32(38)28(34-30(36)24(3)4)22-26-17-11-8-12-18-26/h7-12,15-18,27-28H,1,3,5-6,13-14,19-22H2,2,4H3,(H,33,35)(H,34,36). The van der Waals surface area contributed by atoms with Crippen molar-refractivity contribution >= 4 is 23.8 Å². The lowest BCUT2D eigenvalue weighted by Gasteiger charge is -2.18. The van der Waals surface area contributed by atoms with Gasteiger partial charge in [0.25, 0.3) is 0 Å². The number of benzene rings is 2. The summed E-state index contributed by atoms with van der Waals surface area (Å²) in [7, 11) is 0. The number of nitrogens with one attached hydrogen (secondary N) is 2. The van der Waals surface area contributed by atoms with E-state index >= 15 is 0 Å². The van der Waals surface area contributed by atoms with Crippen LogP contribution in [-0.2, 0) is 41.5 Å². The molecule has 0 fully saturated rings. The molecule has 2 aromatic rings. The summed E-state index contributed by atoms with van der Waals surface area (Å²) in [4.78, 5) is 49.6. The fraction of sp³-hybridized carbons (Fsp3) is 0.375. The van der Waals surface area contributed by atoms with E-state index in [1.807, 2.05) is 60.7 Å². The molecule has 0 saturated carbocycles. The number of amides is 2. The van der Waals surface area contributed by atoms with Gasteiger partial charge >= 0.3 is 11.9 Å². The zero-order chi connectivity index (χ0) is 29.3. The first kappa shape index (κ1) is 32.0. The van der Waals surface area contributed by atoms with E-state index in [2.05, 4.69) is 23.8 Å². The predicted molar refractivity (Wildman–Crippen MR) is 154 cm³/mol. The first-order valence-corrected chi connectivity index (χ1v) is 13.5. The van der Waals surface area contributed by atoms with Crippen LogP contribution in [0.1, 0.15) is 50.7 Å². The number of esters is 2. The third-order valence-corrected chi connectivity index (χ3v) is 6.05. The smallest absolute Gasteiger partial charge is 0.328 e. The Morgan fingerprint density at radius 3 is 1.30 bits per heavy atom. The highest BCUT2D eigenvalue weighted by Crippen LogP contribution is 2.09. The van der Waals surface area contributed by atoms with Crippen molar-refractivity contribution in [2.24, 2.45) is 0 Å². The van der Waals surface area contributed by atoms with Crippen molar-refractivity contribution < 1.29 is 28.7 Å². The van der Waals surface area contributed by atoms with Crippen molar-refractivity contribution in [3.05, 3.63) is 96.1 Å². The Labute approximate surface area is 236 Å². The highest BCUT2D eigenvalue weighted by atomic mass is 16.5. The highest BCUT2D eigenvalue weighted by molar-refractivity contribution is 5.95. The first-order valence-electron chi connectivity index (χ1n) is 13.5. The zero-order valence-electron chi connectivity index (χ0n) is 23.4.